The maximum absolute atomic E-state index is 9.33. The summed E-state index contributed by atoms with van der Waals surface area (Å²) in [5.74, 6) is 0.826. The Balaban J connectivity index is 2.04. The fourth-order valence-corrected chi connectivity index (χ4v) is 2.25. The van der Waals surface area contributed by atoms with Gasteiger partial charge in [0.1, 0.15) is 11.9 Å². The Morgan fingerprint density at radius 1 is 1.06 bits per heavy atom. The first-order valence-corrected chi connectivity index (χ1v) is 6.07. The largest absolute Gasteiger partial charge is 0.484 e. The van der Waals surface area contributed by atoms with E-state index in [-0.39, 0.29) is 12.7 Å². The van der Waals surface area contributed by atoms with Gasteiger partial charge in [-0.2, -0.15) is 0 Å². The van der Waals surface area contributed by atoms with Gasteiger partial charge in [-0.25, -0.2) is 0 Å². The summed E-state index contributed by atoms with van der Waals surface area (Å²) in [5.41, 5.74) is 2.17. The molecule has 0 bridgehead atoms. The van der Waals surface area contributed by atoms with E-state index in [1.165, 1.54) is 0 Å². The Bertz CT molecular complexity index is 527. The lowest BCUT2D eigenvalue weighted by molar-refractivity contribution is 0.115. The van der Waals surface area contributed by atoms with Crippen LogP contribution in [0.15, 0.2) is 54.6 Å². The first kappa shape index (κ1) is 11.1. The summed E-state index contributed by atoms with van der Waals surface area (Å²) >= 11 is 0. The third kappa shape index (κ3) is 1.93. The summed E-state index contributed by atoms with van der Waals surface area (Å²) < 4.78 is 5.74. The van der Waals surface area contributed by atoms with Crippen LogP contribution in [0.4, 0.5) is 11.4 Å². The zero-order valence-corrected chi connectivity index (χ0v) is 9.99. The molecular weight excluding hydrogens is 226 g/mol. The molecule has 0 fully saturated rings. The monoisotopic (exact) mass is 241 g/mol. The first-order chi connectivity index (χ1) is 8.88. The quantitative estimate of drug-likeness (QED) is 0.877. The predicted molar refractivity (Wildman–Crippen MR) is 71.4 cm³/mol. The van der Waals surface area contributed by atoms with Crippen molar-refractivity contribution in [2.45, 2.75) is 6.10 Å². The molecule has 0 amide bonds. The summed E-state index contributed by atoms with van der Waals surface area (Å²) in [6, 6.07) is 18.1. The number of rotatable bonds is 2. The lowest BCUT2D eigenvalue weighted by Gasteiger charge is -2.35. The third-order valence-electron chi connectivity index (χ3n) is 3.11. The van der Waals surface area contributed by atoms with Gasteiger partial charge >= 0.3 is 0 Å². The molecular formula is C15H15NO2. The molecule has 1 aliphatic heterocycles. The van der Waals surface area contributed by atoms with Crippen LogP contribution >= 0.6 is 0 Å². The van der Waals surface area contributed by atoms with E-state index in [1.807, 2.05) is 42.5 Å². The molecule has 3 heteroatoms. The molecule has 92 valence electrons. The summed E-state index contributed by atoms with van der Waals surface area (Å²) in [4.78, 5) is 2.18. The van der Waals surface area contributed by atoms with Crippen LogP contribution in [-0.2, 0) is 0 Å². The lowest BCUT2D eigenvalue weighted by atomic mass is 10.1. The molecule has 1 N–H and O–H groups in total. The average Bonchev–Trinajstić information content (AvgIpc) is 2.47. The number of aliphatic hydroxyl groups is 1. The molecule has 2 aromatic rings. The SMILES string of the molecule is OCC1CN(c2ccccc2)c2ccccc2O1. The minimum Gasteiger partial charge on any atom is -0.484 e. The topological polar surface area (TPSA) is 32.7 Å². The number of hydrogen-bond acceptors (Lipinski definition) is 3. The molecule has 0 aromatic heterocycles. The Morgan fingerprint density at radius 3 is 2.56 bits per heavy atom. The summed E-state index contributed by atoms with van der Waals surface area (Å²) in [7, 11) is 0. The van der Waals surface area contributed by atoms with Crippen LogP contribution in [0.2, 0.25) is 0 Å². The minimum atomic E-state index is -0.180. The van der Waals surface area contributed by atoms with E-state index < -0.39 is 0 Å². The predicted octanol–water partition coefficient (Wildman–Crippen LogP) is 2.58. The van der Waals surface area contributed by atoms with Crippen molar-refractivity contribution < 1.29 is 9.84 Å². The lowest BCUT2D eigenvalue weighted by Crippen LogP contribution is -2.39. The van der Waals surface area contributed by atoms with Crippen molar-refractivity contribution in [3.63, 3.8) is 0 Å². The zero-order valence-electron chi connectivity index (χ0n) is 9.99. The summed E-state index contributed by atoms with van der Waals surface area (Å²) in [6.45, 7) is 0.690. The van der Waals surface area contributed by atoms with E-state index in [0.717, 1.165) is 17.1 Å². The second-order valence-electron chi connectivity index (χ2n) is 4.34. The Morgan fingerprint density at radius 2 is 1.78 bits per heavy atom. The van der Waals surface area contributed by atoms with Crippen LogP contribution in [0.1, 0.15) is 0 Å². The van der Waals surface area contributed by atoms with Crippen molar-refractivity contribution in [3.05, 3.63) is 54.6 Å². The Labute approximate surface area is 106 Å². The van der Waals surface area contributed by atoms with Gasteiger partial charge in [0, 0.05) is 5.69 Å². The maximum atomic E-state index is 9.33. The number of benzene rings is 2. The van der Waals surface area contributed by atoms with Crippen LogP contribution in [0.3, 0.4) is 0 Å². The molecule has 3 nitrogen and oxygen atoms in total. The molecule has 18 heavy (non-hydrogen) atoms. The number of anilines is 2. The molecule has 0 aliphatic carbocycles. The summed E-state index contributed by atoms with van der Waals surface area (Å²) in [6.07, 6.45) is -0.180. The fourth-order valence-electron chi connectivity index (χ4n) is 2.25. The maximum Gasteiger partial charge on any atom is 0.143 e. The molecule has 3 rings (SSSR count). The van der Waals surface area contributed by atoms with Crippen LogP contribution in [-0.4, -0.2) is 24.4 Å². The van der Waals surface area contributed by atoms with E-state index >= 15 is 0 Å². The molecule has 0 radical (unpaired) electrons. The highest BCUT2D eigenvalue weighted by atomic mass is 16.5. The molecule has 2 aromatic carbocycles. The molecule has 1 heterocycles. The van der Waals surface area contributed by atoms with Gasteiger partial charge in [-0.15, -0.1) is 0 Å². The smallest absolute Gasteiger partial charge is 0.143 e. The number of hydrogen-bond donors (Lipinski definition) is 1. The van der Waals surface area contributed by atoms with E-state index in [2.05, 4.69) is 17.0 Å². The van der Waals surface area contributed by atoms with Gasteiger partial charge in [0.2, 0.25) is 0 Å². The van der Waals surface area contributed by atoms with Crippen LogP contribution in [0, 0.1) is 0 Å². The number of nitrogens with zero attached hydrogens (tertiary/aromatic N) is 1. The van der Waals surface area contributed by atoms with Crippen LogP contribution in [0.25, 0.3) is 0 Å². The van der Waals surface area contributed by atoms with Crippen molar-refractivity contribution in [1.82, 2.24) is 0 Å². The molecule has 0 saturated carbocycles. The molecule has 1 aliphatic rings. The van der Waals surface area contributed by atoms with E-state index in [9.17, 15) is 5.11 Å². The molecule has 0 saturated heterocycles. The molecule has 1 atom stereocenters. The van der Waals surface area contributed by atoms with Crippen molar-refractivity contribution in [2.75, 3.05) is 18.1 Å². The van der Waals surface area contributed by atoms with Gasteiger partial charge < -0.3 is 14.7 Å². The van der Waals surface area contributed by atoms with Gasteiger partial charge in [0.05, 0.1) is 18.8 Å². The highest BCUT2D eigenvalue weighted by Gasteiger charge is 2.25. The van der Waals surface area contributed by atoms with Crippen LogP contribution < -0.4 is 9.64 Å². The Kier molecular flexibility index (Phi) is 2.90. The van der Waals surface area contributed by atoms with Crippen LogP contribution in [0.5, 0.6) is 5.75 Å². The normalized spacial score (nSPS) is 18.1. The second-order valence-corrected chi connectivity index (χ2v) is 4.34. The van der Waals surface area contributed by atoms with Crippen molar-refractivity contribution in [1.29, 1.82) is 0 Å². The molecule has 1 unspecified atom stereocenters. The standard InChI is InChI=1S/C15H15NO2/c17-11-13-10-16(12-6-2-1-3-7-12)14-8-4-5-9-15(14)18-13/h1-9,13,17H,10-11H2. The van der Waals surface area contributed by atoms with Gasteiger partial charge in [-0.05, 0) is 24.3 Å². The Hall–Kier alpha value is -2.00. The van der Waals surface area contributed by atoms with Gasteiger partial charge in [0.15, 0.2) is 0 Å². The minimum absolute atomic E-state index is 0.0255. The third-order valence-corrected chi connectivity index (χ3v) is 3.11. The molecule has 0 spiro atoms. The van der Waals surface area contributed by atoms with E-state index in [1.54, 1.807) is 0 Å². The summed E-state index contributed by atoms with van der Waals surface area (Å²) in [5, 5.41) is 9.33. The van der Waals surface area contributed by atoms with Crippen molar-refractivity contribution in [2.24, 2.45) is 0 Å². The zero-order chi connectivity index (χ0) is 12.4. The van der Waals surface area contributed by atoms with E-state index in [0.29, 0.717) is 6.54 Å². The average molecular weight is 241 g/mol. The second kappa shape index (κ2) is 4.70. The number of para-hydroxylation sites is 3. The fraction of sp³-hybridized carbons (Fsp3) is 0.200. The van der Waals surface area contributed by atoms with Crippen molar-refractivity contribution >= 4 is 11.4 Å². The highest BCUT2D eigenvalue weighted by molar-refractivity contribution is 5.70. The van der Waals surface area contributed by atoms with Crippen molar-refractivity contribution in [3.8, 4) is 5.75 Å². The van der Waals surface area contributed by atoms with E-state index in [4.69, 9.17) is 4.74 Å². The van der Waals surface area contributed by atoms with Gasteiger partial charge in [-0.1, -0.05) is 30.3 Å². The van der Waals surface area contributed by atoms with Gasteiger partial charge in [0.25, 0.3) is 0 Å². The number of fused-ring (bicyclic) bond motifs is 1. The number of ether oxygens (including phenoxy) is 1. The van der Waals surface area contributed by atoms with Gasteiger partial charge in [-0.3, -0.25) is 0 Å². The number of aliphatic hydroxyl groups excluding tert-OH is 1. The highest BCUT2D eigenvalue weighted by Crippen LogP contribution is 2.37. The first-order valence-electron chi connectivity index (χ1n) is 6.07.